The van der Waals surface area contributed by atoms with Crippen molar-refractivity contribution < 1.29 is 9.21 Å². The van der Waals surface area contributed by atoms with Gasteiger partial charge in [0, 0.05) is 21.3 Å². The fourth-order valence-electron chi connectivity index (χ4n) is 2.12. The normalized spacial score (nSPS) is 10.4. The molecule has 0 saturated carbocycles. The van der Waals surface area contributed by atoms with Crippen molar-refractivity contribution in [1.29, 1.82) is 0 Å². The zero-order valence-electron chi connectivity index (χ0n) is 13.5. The molecule has 1 amide bonds. The molecule has 0 atom stereocenters. The van der Waals surface area contributed by atoms with Gasteiger partial charge in [-0.2, -0.15) is 0 Å². The zero-order valence-corrected chi connectivity index (χ0v) is 16.7. The van der Waals surface area contributed by atoms with E-state index >= 15 is 0 Å². The van der Waals surface area contributed by atoms with E-state index in [2.05, 4.69) is 31.5 Å². The van der Waals surface area contributed by atoms with Crippen LogP contribution in [0.15, 0.2) is 57.6 Å². The fourth-order valence-corrected chi connectivity index (χ4v) is 2.74. The van der Waals surface area contributed by atoms with Crippen LogP contribution in [0, 0.1) is 6.92 Å². The van der Waals surface area contributed by atoms with Gasteiger partial charge in [-0.25, -0.2) is 4.98 Å². The van der Waals surface area contributed by atoms with E-state index in [4.69, 9.17) is 28.2 Å². The van der Waals surface area contributed by atoms with Crippen LogP contribution in [-0.2, 0) is 0 Å². The molecular weight excluding hydrogens is 438 g/mol. The SMILES string of the molecule is Cc1ccc(-c2ccc(C(=O)NC(=S)Nc3ccc(Br)cn3)o2)cc1Cl. The van der Waals surface area contributed by atoms with Crippen LogP contribution in [0.1, 0.15) is 16.1 Å². The van der Waals surface area contributed by atoms with Crippen LogP contribution in [-0.4, -0.2) is 16.0 Å². The first-order valence-electron chi connectivity index (χ1n) is 7.52. The van der Waals surface area contributed by atoms with E-state index in [9.17, 15) is 4.79 Å². The molecule has 0 aliphatic heterocycles. The van der Waals surface area contributed by atoms with Crippen LogP contribution in [0.2, 0.25) is 5.02 Å². The molecule has 0 unspecified atom stereocenters. The Hall–Kier alpha value is -2.22. The van der Waals surface area contributed by atoms with E-state index in [0.29, 0.717) is 16.6 Å². The lowest BCUT2D eigenvalue weighted by molar-refractivity contribution is 0.0951. The maximum Gasteiger partial charge on any atom is 0.293 e. The quantitative estimate of drug-likeness (QED) is 0.537. The monoisotopic (exact) mass is 449 g/mol. The fraction of sp³-hybridized carbons (Fsp3) is 0.0556. The molecule has 8 heteroatoms. The number of nitrogens with one attached hydrogen (secondary N) is 2. The number of hydrogen-bond acceptors (Lipinski definition) is 4. The summed E-state index contributed by atoms with van der Waals surface area (Å²) in [6.45, 7) is 1.92. The molecule has 2 heterocycles. The molecule has 3 rings (SSSR count). The average molecular weight is 451 g/mol. The molecule has 0 spiro atoms. The topological polar surface area (TPSA) is 67.2 Å². The van der Waals surface area contributed by atoms with Gasteiger partial charge in [0.25, 0.3) is 5.91 Å². The number of amides is 1. The van der Waals surface area contributed by atoms with Crippen molar-refractivity contribution in [3.05, 3.63) is 69.5 Å². The third-order valence-electron chi connectivity index (χ3n) is 3.48. The summed E-state index contributed by atoms with van der Waals surface area (Å²) >= 11 is 14.6. The number of carbonyl (C=O) groups excluding carboxylic acids is 1. The Bertz CT molecular complexity index is 973. The highest BCUT2D eigenvalue weighted by molar-refractivity contribution is 9.10. The summed E-state index contributed by atoms with van der Waals surface area (Å²) in [5.74, 6) is 0.757. The molecule has 0 radical (unpaired) electrons. The number of anilines is 1. The summed E-state index contributed by atoms with van der Waals surface area (Å²) in [7, 11) is 0. The van der Waals surface area contributed by atoms with Gasteiger partial charge in [0.15, 0.2) is 10.9 Å². The van der Waals surface area contributed by atoms with Crippen molar-refractivity contribution >= 4 is 56.6 Å². The Kier molecular flexibility index (Phi) is 5.70. The number of benzene rings is 1. The van der Waals surface area contributed by atoms with Crippen molar-refractivity contribution in [1.82, 2.24) is 10.3 Å². The van der Waals surface area contributed by atoms with Gasteiger partial charge < -0.3 is 9.73 Å². The average Bonchev–Trinajstić information content (AvgIpc) is 3.09. The molecule has 0 fully saturated rings. The second-order valence-electron chi connectivity index (χ2n) is 5.40. The molecule has 3 aromatic rings. The summed E-state index contributed by atoms with van der Waals surface area (Å²) in [4.78, 5) is 16.4. The van der Waals surface area contributed by atoms with Gasteiger partial charge in [0.05, 0.1) is 0 Å². The number of thiocarbonyl (C=S) groups is 1. The maximum atomic E-state index is 12.3. The molecule has 5 nitrogen and oxygen atoms in total. The summed E-state index contributed by atoms with van der Waals surface area (Å²) in [5.41, 5.74) is 1.76. The molecule has 2 N–H and O–H groups in total. The Labute approximate surface area is 168 Å². The Balaban J connectivity index is 1.66. The third-order valence-corrected chi connectivity index (χ3v) is 4.56. The first-order valence-corrected chi connectivity index (χ1v) is 9.10. The molecule has 0 saturated heterocycles. The summed E-state index contributed by atoms with van der Waals surface area (Å²) in [6.07, 6.45) is 1.62. The van der Waals surface area contributed by atoms with E-state index in [1.54, 1.807) is 30.5 Å². The summed E-state index contributed by atoms with van der Waals surface area (Å²) in [5, 5.41) is 6.15. The first-order chi connectivity index (χ1) is 12.4. The maximum absolute atomic E-state index is 12.3. The van der Waals surface area contributed by atoms with Crippen LogP contribution >= 0.6 is 39.7 Å². The van der Waals surface area contributed by atoms with E-state index in [1.807, 2.05) is 25.1 Å². The predicted molar refractivity (Wildman–Crippen MR) is 110 cm³/mol. The minimum Gasteiger partial charge on any atom is -0.451 e. The number of hydrogen-bond donors (Lipinski definition) is 2. The molecule has 1 aromatic carbocycles. The highest BCUT2D eigenvalue weighted by atomic mass is 79.9. The van der Waals surface area contributed by atoms with Gasteiger partial charge >= 0.3 is 0 Å². The standard InChI is InChI=1S/C18H13BrClN3O2S/c1-10-2-3-11(8-13(10)20)14-5-6-15(25-14)17(24)23-18(26)22-16-7-4-12(19)9-21-16/h2-9H,1H3,(H2,21,22,23,24,26). The van der Waals surface area contributed by atoms with E-state index in [1.165, 1.54) is 0 Å². The van der Waals surface area contributed by atoms with Crippen molar-refractivity contribution in [2.75, 3.05) is 5.32 Å². The number of rotatable bonds is 3. The van der Waals surface area contributed by atoms with Crippen molar-refractivity contribution in [2.45, 2.75) is 6.92 Å². The predicted octanol–water partition coefficient (Wildman–Crippen LogP) is 5.19. The van der Waals surface area contributed by atoms with Crippen LogP contribution in [0.5, 0.6) is 0 Å². The van der Waals surface area contributed by atoms with Crippen LogP contribution < -0.4 is 10.6 Å². The van der Waals surface area contributed by atoms with E-state index in [0.717, 1.165) is 15.6 Å². The summed E-state index contributed by atoms with van der Waals surface area (Å²) < 4.78 is 6.46. The Morgan fingerprint density at radius 3 is 2.73 bits per heavy atom. The van der Waals surface area contributed by atoms with Crippen LogP contribution in [0.3, 0.4) is 0 Å². The highest BCUT2D eigenvalue weighted by Gasteiger charge is 2.14. The second kappa shape index (κ2) is 7.99. The van der Waals surface area contributed by atoms with Gasteiger partial charge in [0.1, 0.15) is 11.6 Å². The number of carbonyl (C=O) groups is 1. The van der Waals surface area contributed by atoms with Gasteiger partial charge in [-0.1, -0.05) is 23.7 Å². The number of halogens is 2. The smallest absolute Gasteiger partial charge is 0.293 e. The van der Waals surface area contributed by atoms with Gasteiger partial charge in [-0.3, -0.25) is 10.1 Å². The number of aryl methyl sites for hydroxylation is 1. The van der Waals surface area contributed by atoms with Gasteiger partial charge in [-0.15, -0.1) is 0 Å². The van der Waals surface area contributed by atoms with E-state index in [-0.39, 0.29) is 10.9 Å². The number of pyridine rings is 1. The molecule has 26 heavy (non-hydrogen) atoms. The lowest BCUT2D eigenvalue weighted by Crippen LogP contribution is -2.34. The molecule has 132 valence electrons. The lowest BCUT2D eigenvalue weighted by Gasteiger charge is -2.07. The van der Waals surface area contributed by atoms with Crippen molar-refractivity contribution in [2.24, 2.45) is 0 Å². The van der Waals surface area contributed by atoms with Crippen LogP contribution in [0.4, 0.5) is 5.82 Å². The minimum atomic E-state index is -0.455. The Morgan fingerprint density at radius 1 is 1.23 bits per heavy atom. The molecule has 0 aliphatic carbocycles. The summed E-state index contributed by atoms with van der Waals surface area (Å²) in [6, 6.07) is 12.4. The molecular formula is C18H13BrClN3O2S. The van der Waals surface area contributed by atoms with Gasteiger partial charge in [0.2, 0.25) is 0 Å². The van der Waals surface area contributed by atoms with Crippen molar-refractivity contribution in [3.8, 4) is 11.3 Å². The van der Waals surface area contributed by atoms with Crippen LogP contribution in [0.25, 0.3) is 11.3 Å². The van der Waals surface area contributed by atoms with Gasteiger partial charge in [-0.05, 0) is 71.0 Å². The third kappa shape index (κ3) is 4.49. The number of furan rings is 1. The first kappa shape index (κ1) is 18.6. The zero-order chi connectivity index (χ0) is 18.7. The molecule has 2 aromatic heterocycles. The number of aromatic nitrogens is 1. The lowest BCUT2D eigenvalue weighted by atomic mass is 10.1. The van der Waals surface area contributed by atoms with E-state index < -0.39 is 5.91 Å². The minimum absolute atomic E-state index is 0.126. The highest BCUT2D eigenvalue weighted by Crippen LogP contribution is 2.26. The number of nitrogens with zero attached hydrogens (tertiary/aromatic N) is 1. The largest absolute Gasteiger partial charge is 0.451 e. The Morgan fingerprint density at radius 2 is 2.04 bits per heavy atom. The van der Waals surface area contributed by atoms with Crippen molar-refractivity contribution in [3.63, 3.8) is 0 Å². The molecule has 0 bridgehead atoms. The molecule has 0 aliphatic rings. The second-order valence-corrected chi connectivity index (χ2v) is 7.13.